The molecule has 8 nitrogen and oxygen atoms in total. The number of likely N-dealkylation sites (tertiary alicyclic amines) is 1. The van der Waals surface area contributed by atoms with E-state index in [-0.39, 0.29) is 27.8 Å². The average Bonchev–Trinajstić information content (AvgIpc) is 2.74. The quantitative estimate of drug-likeness (QED) is 0.759. The monoisotopic (exact) mass is 419 g/mol. The van der Waals surface area contributed by atoms with Gasteiger partial charge in [0.05, 0.1) is 12.0 Å². The van der Waals surface area contributed by atoms with E-state index in [2.05, 4.69) is 4.72 Å². The van der Waals surface area contributed by atoms with Crippen molar-refractivity contribution in [2.45, 2.75) is 17.7 Å². The Morgan fingerprint density at radius 2 is 1.93 bits per heavy atom. The summed E-state index contributed by atoms with van der Waals surface area (Å²) in [6.45, 7) is 1.28. The highest BCUT2D eigenvalue weighted by atomic mass is 32.2. The van der Waals surface area contributed by atoms with Crippen molar-refractivity contribution < 1.29 is 17.9 Å². The molecule has 0 bridgehead atoms. The number of ether oxygens (including phenoxy) is 1. The Labute approximate surface area is 170 Å². The highest BCUT2D eigenvalue weighted by Crippen LogP contribution is 2.20. The van der Waals surface area contributed by atoms with Gasteiger partial charge in [0.25, 0.3) is 11.5 Å². The van der Waals surface area contributed by atoms with Gasteiger partial charge in [-0.2, -0.15) is 0 Å². The highest BCUT2D eigenvalue weighted by molar-refractivity contribution is 7.89. The van der Waals surface area contributed by atoms with Crippen molar-refractivity contribution in [3.8, 4) is 5.75 Å². The molecule has 2 heterocycles. The molecule has 1 aromatic heterocycles. The molecule has 9 heteroatoms. The van der Waals surface area contributed by atoms with Gasteiger partial charge in [-0.25, -0.2) is 13.1 Å². The number of nitrogens with one attached hydrogen (secondary N) is 1. The van der Waals surface area contributed by atoms with Gasteiger partial charge in [0.2, 0.25) is 10.0 Å². The van der Waals surface area contributed by atoms with Crippen molar-refractivity contribution in [3.63, 3.8) is 0 Å². The molecule has 156 valence electrons. The molecule has 0 unspecified atom stereocenters. The van der Waals surface area contributed by atoms with Gasteiger partial charge in [0.15, 0.2) is 0 Å². The van der Waals surface area contributed by atoms with Crippen LogP contribution in [0.5, 0.6) is 5.75 Å². The first-order valence-electron chi connectivity index (χ1n) is 9.40. The number of aryl methyl sites for hydroxylation is 1. The minimum Gasteiger partial charge on any atom is -0.497 e. The Hall–Kier alpha value is -2.65. The minimum absolute atomic E-state index is 0.123. The van der Waals surface area contributed by atoms with Crippen LogP contribution in [-0.4, -0.2) is 50.5 Å². The van der Waals surface area contributed by atoms with Gasteiger partial charge < -0.3 is 14.2 Å². The van der Waals surface area contributed by atoms with E-state index in [9.17, 15) is 18.0 Å². The van der Waals surface area contributed by atoms with Crippen molar-refractivity contribution in [3.05, 3.63) is 58.5 Å². The predicted molar refractivity (Wildman–Crippen MR) is 108 cm³/mol. The van der Waals surface area contributed by atoms with Crippen LogP contribution >= 0.6 is 0 Å². The number of sulfonamides is 1. The summed E-state index contributed by atoms with van der Waals surface area (Å²) in [5, 5.41) is 0. The molecule has 29 heavy (non-hydrogen) atoms. The number of nitrogens with zero attached hydrogens (tertiary/aromatic N) is 2. The molecule has 0 aliphatic carbocycles. The van der Waals surface area contributed by atoms with E-state index in [1.807, 2.05) is 0 Å². The van der Waals surface area contributed by atoms with Crippen LogP contribution in [-0.2, 0) is 17.1 Å². The van der Waals surface area contributed by atoms with E-state index < -0.39 is 10.0 Å². The maximum atomic E-state index is 12.6. The van der Waals surface area contributed by atoms with Crippen LogP contribution in [0.2, 0.25) is 0 Å². The van der Waals surface area contributed by atoms with E-state index in [0.717, 1.165) is 0 Å². The van der Waals surface area contributed by atoms with Crippen LogP contribution in [0.15, 0.2) is 52.3 Å². The molecule has 1 fully saturated rings. The molecule has 0 saturated carbocycles. The summed E-state index contributed by atoms with van der Waals surface area (Å²) in [4.78, 5) is 26.6. The third kappa shape index (κ3) is 4.86. The third-order valence-corrected chi connectivity index (χ3v) is 6.59. The van der Waals surface area contributed by atoms with Crippen molar-refractivity contribution >= 4 is 15.9 Å². The number of methoxy groups -OCH3 is 1. The number of carbonyl (C=O) groups is 1. The molecule has 1 aliphatic heterocycles. The van der Waals surface area contributed by atoms with E-state index in [0.29, 0.717) is 38.2 Å². The zero-order chi connectivity index (χ0) is 21.0. The van der Waals surface area contributed by atoms with Crippen LogP contribution in [0.25, 0.3) is 0 Å². The Morgan fingerprint density at radius 1 is 1.21 bits per heavy atom. The Morgan fingerprint density at radius 3 is 2.62 bits per heavy atom. The van der Waals surface area contributed by atoms with E-state index in [4.69, 9.17) is 4.74 Å². The van der Waals surface area contributed by atoms with Crippen molar-refractivity contribution in [1.82, 2.24) is 14.2 Å². The summed E-state index contributed by atoms with van der Waals surface area (Å²) >= 11 is 0. The summed E-state index contributed by atoms with van der Waals surface area (Å²) in [6, 6.07) is 9.53. The SMILES string of the molecule is COc1cccc(S(=O)(=O)NCC2CCN(C(=O)c3cccn(C)c3=O)CC2)c1. The first kappa shape index (κ1) is 21.1. The Balaban J connectivity index is 1.56. The average molecular weight is 420 g/mol. The summed E-state index contributed by atoms with van der Waals surface area (Å²) in [6.07, 6.45) is 2.94. The van der Waals surface area contributed by atoms with Gasteiger partial charge in [0, 0.05) is 38.9 Å². The molecule has 0 spiro atoms. The molecule has 1 saturated heterocycles. The summed E-state index contributed by atoms with van der Waals surface area (Å²) in [7, 11) is -0.534. The molecule has 1 amide bonds. The smallest absolute Gasteiger partial charge is 0.263 e. The molecule has 2 aromatic rings. The lowest BCUT2D eigenvalue weighted by Crippen LogP contribution is -2.43. The van der Waals surface area contributed by atoms with Crippen molar-refractivity contribution in [2.75, 3.05) is 26.7 Å². The first-order valence-corrected chi connectivity index (χ1v) is 10.9. The van der Waals surface area contributed by atoms with Crippen molar-refractivity contribution in [2.24, 2.45) is 13.0 Å². The lowest BCUT2D eigenvalue weighted by molar-refractivity contribution is 0.0689. The maximum Gasteiger partial charge on any atom is 0.263 e. The molecule has 1 aliphatic rings. The van der Waals surface area contributed by atoms with E-state index >= 15 is 0 Å². The van der Waals surface area contributed by atoms with Crippen molar-refractivity contribution in [1.29, 1.82) is 0 Å². The maximum absolute atomic E-state index is 12.6. The zero-order valence-electron chi connectivity index (χ0n) is 16.5. The number of benzene rings is 1. The summed E-state index contributed by atoms with van der Waals surface area (Å²) < 4.78 is 34.1. The van der Waals surface area contributed by atoms with E-state index in [1.165, 1.54) is 23.8 Å². The number of rotatable bonds is 6. The Bertz CT molecular complexity index is 1040. The number of pyridine rings is 1. The topological polar surface area (TPSA) is 97.7 Å². The fraction of sp³-hybridized carbons (Fsp3) is 0.400. The number of carbonyl (C=O) groups excluding carboxylic acids is 1. The van der Waals surface area contributed by atoms with Gasteiger partial charge >= 0.3 is 0 Å². The van der Waals surface area contributed by atoms with Crippen LogP contribution in [0.4, 0.5) is 0 Å². The molecule has 1 N–H and O–H groups in total. The second-order valence-electron chi connectivity index (χ2n) is 7.10. The Kier molecular flexibility index (Phi) is 6.39. The number of piperidine rings is 1. The van der Waals surface area contributed by atoms with Crippen LogP contribution < -0.4 is 15.0 Å². The molecule has 0 atom stereocenters. The van der Waals surface area contributed by atoms with E-state index in [1.54, 1.807) is 42.4 Å². The number of hydrogen-bond acceptors (Lipinski definition) is 5. The van der Waals surface area contributed by atoms with Gasteiger partial charge in [0.1, 0.15) is 11.3 Å². The second kappa shape index (κ2) is 8.79. The molecule has 3 rings (SSSR count). The normalized spacial score (nSPS) is 15.3. The zero-order valence-corrected chi connectivity index (χ0v) is 17.3. The highest BCUT2D eigenvalue weighted by Gasteiger charge is 2.26. The fourth-order valence-corrected chi connectivity index (χ4v) is 4.50. The largest absolute Gasteiger partial charge is 0.497 e. The third-order valence-electron chi connectivity index (χ3n) is 5.17. The lowest BCUT2D eigenvalue weighted by atomic mass is 9.97. The van der Waals surface area contributed by atoms with Crippen LogP contribution in [0.3, 0.4) is 0 Å². The van der Waals surface area contributed by atoms with Gasteiger partial charge in [-0.15, -0.1) is 0 Å². The van der Waals surface area contributed by atoms with Crippen LogP contribution in [0.1, 0.15) is 23.2 Å². The number of aromatic nitrogens is 1. The molecular formula is C20H25N3O5S. The van der Waals surface area contributed by atoms with Gasteiger partial charge in [-0.1, -0.05) is 6.07 Å². The second-order valence-corrected chi connectivity index (χ2v) is 8.87. The standard InChI is InChI=1S/C20H25N3O5S/c1-22-10-4-7-18(19(22)24)20(25)23-11-8-15(9-12-23)14-21-29(26,27)17-6-3-5-16(13-17)28-2/h3-7,10,13,15,21H,8-9,11-12,14H2,1-2H3. The molecule has 1 aromatic carbocycles. The molecular weight excluding hydrogens is 394 g/mol. The minimum atomic E-state index is -3.63. The first-order chi connectivity index (χ1) is 13.8. The number of hydrogen-bond donors (Lipinski definition) is 1. The summed E-state index contributed by atoms with van der Waals surface area (Å²) in [5.41, 5.74) is -0.155. The molecule has 0 radical (unpaired) electrons. The van der Waals surface area contributed by atoms with Crippen LogP contribution in [0, 0.1) is 5.92 Å². The predicted octanol–water partition coefficient (Wildman–Crippen LogP) is 1.22. The van der Waals surface area contributed by atoms with Gasteiger partial charge in [-0.3, -0.25) is 9.59 Å². The number of amides is 1. The lowest BCUT2D eigenvalue weighted by Gasteiger charge is -2.32. The van der Waals surface area contributed by atoms with Gasteiger partial charge in [-0.05, 0) is 43.0 Å². The fourth-order valence-electron chi connectivity index (χ4n) is 3.35. The summed E-state index contributed by atoms with van der Waals surface area (Å²) in [5.74, 6) is 0.325.